The number of ketones is 1. The van der Waals surface area contributed by atoms with Gasteiger partial charge in [-0.3, -0.25) is 4.79 Å². The molecule has 0 aromatic rings. The van der Waals surface area contributed by atoms with E-state index in [1.54, 1.807) is 0 Å². The van der Waals surface area contributed by atoms with Crippen LogP contribution in [0.2, 0.25) is 0 Å². The van der Waals surface area contributed by atoms with Gasteiger partial charge in [0.05, 0.1) is 0 Å². The predicted octanol–water partition coefficient (Wildman–Crippen LogP) is 4.63. The van der Waals surface area contributed by atoms with E-state index < -0.39 is 0 Å². The fourth-order valence-electron chi connectivity index (χ4n) is 2.58. The number of carbonyl (C=O) groups is 1. The van der Waals surface area contributed by atoms with Crippen LogP contribution in [0.25, 0.3) is 0 Å². The zero-order valence-corrected chi connectivity index (χ0v) is 14.2. The molecule has 22 heavy (non-hydrogen) atoms. The molecule has 1 unspecified atom stereocenters. The molecule has 3 heteroatoms. The van der Waals surface area contributed by atoms with Gasteiger partial charge < -0.3 is 9.47 Å². The zero-order valence-electron chi connectivity index (χ0n) is 14.2. The Bertz CT molecular complexity index is 334. The SMILES string of the molecule is CCC#CC(=O)CCCCCCCCCOC1CCCCO1. The zero-order chi connectivity index (χ0) is 15.9. The molecule has 0 aromatic heterocycles. The van der Waals surface area contributed by atoms with Crippen molar-refractivity contribution in [1.29, 1.82) is 0 Å². The quantitative estimate of drug-likeness (QED) is 0.317. The molecule has 1 aliphatic rings. The lowest BCUT2D eigenvalue weighted by atomic mass is 10.1. The largest absolute Gasteiger partial charge is 0.353 e. The maximum Gasteiger partial charge on any atom is 0.205 e. The molecule has 0 aromatic carbocycles. The molecule has 1 heterocycles. The first-order valence-corrected chi connectivity index (χ1v) is 9.08. The third-order valence-corrected chi connectivity index (χ3v) is 3.89. The lowest BCUT2D eigenvalue weighted by molar-refractivity contribution is -0.162. The van der Waals surface area contributed by atoms with Crippen molar-refractivity contribution < 1.29 is 14.3 Å². The molecular formula is C19H32O3. The van der Waals surface area contributed by atoms with Gasteiger partial charge >= 0.3 is 0 Å². The molecule has 0 spiro atoms. The van der Waals surface area contributed by atoms with Gasteiger partial charge in [0.2, 0.25) is 5.78 Å². The topological polar surface area (TPSA) is 35.5 Å². The van der Waals surface area contributed by atoms with E-state index in [-0.39, 0.29) is 12.1 Å². The lowest BCUT2D eigenvalue weighted by Gasteiger charge is -2.22. The van der Waals surface area contributed by atoms with Crippen molar-refractivity contribution in [2.45, 2.75) is 90.3 Å². The smallest absolute Gasteiger partial charge is 0.205 e. The van der Waals surface area contributed by atoms with Gasteiger partial charge in [-0.1, -0.05) is 44.9 Å². The Labute approximate surface area is 136 Å². The van der Waals surface area contributed by atoms with Crippen molar-refractivity contribution in [2.24, 2.45) is 0 Å². The molecule has 0 radical (unpaired) electrons. The molecule has 0 saturated carbocycles. The van der Waals surface area contributed by atoms with Gasteiger partial charge in [-0.05, 0) is 38.0 Å². The van der Waals surface area contributed by atoms with Crippen molar-refractivity contribution in [1.82, 2.24) is 0 Å². The standard InChI is InChI=1S/C19H32O3/c1-2-3-13-18(20)14-9-7-5-4-6-8-11-16-21-19-15-10-12-17-22-19/h19H,2,4-12,14-17H2,1H3. The fraction of sp³-hybridized carbons (Fsp3) is 0.842. The number of hydrogen-bond donors (Lipinski definition) is 0. The van der Waals surface area contributed by atoms with Gasteiger partial charge in [0, 0.05) is 26.1 Å². The van der Waals surface area contributed by atoms with Crippen LogP contribution >= 0.6 is 0 Å². The van der Waals surface area contributed by atoms with E-state index in [2.05, 4.69) is 11.8 Å². The summed E-state index contributed by atoms with van der Waals surface area (Å²) in [5, 5.41) is 0. The Morgan fingerprint density at radius 3 is 2.50 bits per heavy atom. The second-order valence-electron chi connectivity index (χ2n) is 5.97. The number of carbonyl (C=O) groups excluding carboxylic acids is 1. The van der Waals surface area contributed by atoms with Crippen molar-refractivity contribution in [3.8, 4) is 11.8 Å². The van der Waals surface area contributed by atoms with Crippen LogP contribution < -0.4 is 0 Å². The van der Waals surface area contributed by atoms with Crippen LogP contribution in [0.15, 0.2) is 0 Å². The van der Waals surface area contributed by atoms with Crippen LogP contribution in [0, 0.1) is 11.8 Å². The summed E-state index contributed by atoms with van der Waals surface area (Å²) in [6, 6.07) is 0. The monoisotopic (exact) mass is 308 g/mol. The van der Waals surface area contributed by atoms with Crippen molar-refractivity contribution in [2.75, 3.05) is 13.2 Å². The highest BCUT2D eigenvalue weighted by Gasteiger charge is 2.13. The highest BCUT2D eigenvalue weighted by Crippen LogP contribution is 2.14. The maximum absolute atomic E-state index is 11.3. The summed E-state index contributed by atoms with van der Waals surface area (Å²) in [4.78, 5) is 11.3. The number of hydrogen-bond acceptors (Lipinski definition) is 3. The van der Waals surface area contributed by atoms with Crippen LogP contribution in [-0.4, -0.2) is 25.3 Å². The van der Waals surface area contributed by atoms with Gasteiger partial charge in [-0.2, -0.15) is 0 Å². The molecule has 126 valence electrons. The number of unbranched alkanes of at least 4 members (excludes halogenated alkanes) is 6. The molecule has 0 amide bonds. The summed E-state index contributed by atoms with van der Waals surface area (Å²) in [7, 11) is 0. The van der Waals surface area contributed by atoms with E-state index in [4.69, 9.17) is 9.47 Å². The van der Waals surface area contributed by atoms with E-state index in [1.165, 1.54) is 38.5 Å². The average Bonchev–Trinajstić information content (AvgIpc) is 2.55. The Hall–Kier alpha value is -0.850. The second-order valence-corrected chi connectivity index (χ2v) is 5.97. The Kier molecular flexibility index (Phi) is 12.0. The maximum atomic E-state index is 11.3. The van der Waals surface area contributed by atoms with Gasteiger partial charge in [-0.15, -0.1) is 0 Å². The summed E-state index contributed by atoms with van der Waals surface area (Å²) in [6.07, 6.45) is 13.2. The highest BCUT2D eigenvalue weighted by atomic mass is 16.7. The van der Waals surface area contributed by atoms with Crippen LogP contribution in [0.3, 0.4) is 0 Å². The van der Waals surface area contributed by atoms with Crippen molar-refractivity contribution >= 4 is 5.78 Å². The van der Waals surface area contributed by atoms with E-state index in [0.29, 0.717) is 6.42 Å². The summed E-state index contributed by atoms with van der Waals surface area (Å²) in [5.74, 6) is 5.60. The fourth-order valence-corrected chi connectivity index (χ4v) is 2.58. The van der Waals surface area contributed by atoms with Crippen LogP contribution in [0.1, 0.15) is 84.0 Å². The van der Waals surface area contributed by atoms with E-state index in [9.17, 15) is 4.79 Å². The second kappa shape index (κ2) is 13.8. The average molecular weight is 308 g/mol. The molecule has 1 aliphatic heterocycles. The van der Waals surface area contributed by atoms with Gasteiger partial charge in [0.25, 0.3) is 0 Å². The predicted molar refractivity (Wildman–Crippen MR) is 89.6 cm³/mol. The summed E-state index contributed by atoms with van der Waals surface area (Å²) in [5.41, 5.74) is 0. The van der Waals surface area contributed by atoms with E-state index >= 15 is 0 Å². The first-order valence-electron chi connectivity index (χ1n) is 9.08. The number of ether oxygens (including phenoxy) is 2. The molecule has 0 bridgehead atoms. The third-order valence-electron chi connectivity index (χ3n) is 3.89. The van der Waals surface area contributed by atoms with Crippen molar-refractivity contribution in [3.05, 3.63) is 0 Å². The molecule has 0 N–H and O–H groups in total. The number of Topliss-reactive ketones (excluding diaryl/α,β-unsaturated/α-hetero) is 1. The molecule has 1 rings (SSSR count). The minimum atomic E-state index is 0.0575. The summed E-state index contributed by atoms with van der Waals surface area (Å²) < 4.78 is 11.2. The molecule has 0 aliphatic carbocycles. The Balaban J connectivity index is 1.78. The Morgan fingerprint density at radius 1 is 1.09 bits per heavy atom. The normalized spacial score (nSPS) is 17.8. The minimum absolute atomic E-state index is 0.0575. The first-order chi connectivity index (χ1) is 10.8. The highest BCUT2D eigenvalue weighted by molar-refractivity contribution is 5.95. The Morgan fingerprint density at radius 2 is 1.82 bits per heavy atom. The summed E-state index contributed by atoms with van der Waals surface area (Å²) in [6.45, 7) is 3.65. The van der Waals surface area contributed by atoms with Gasteiger partial charge in [0.15, 0.2) is 6.29 Å². The number of rotatable bonds is 11. The third kappa shape index (κ3) is 10.8. The molecule has 3 nitrogen and oxygen atoms in total. The van der Waals surface area contributed by atoms with E-state index in [0.717, 1.165) is 45.3 Å². The van der Waals surface area contributed by atoms with Gasteiger partial charge in [-0.25, -0.2) is 0 Å². The van der Waals surface area contributed by atoms with Crippen LogP contribution in [0.4, 0.5) is 0 Å². The van der Waals surface area contributed by atoms with E-state index in [1.807, 2.05) is 6.92 Å². The summed E-state index contributed by atoms with van der Waals surface area (Å²) >= 11 is 0. The van der Waals surface area contributed by atoms with Gasteiger partial charge in [0.1, 0.15) is 0 Å². The minimum Gasteiger partial charge on any atom is -0.353 e. The molecule has 1 fully saturated rings. The van der Waals surface area contributed by atoms with Crippen LogP contribution in [-0.2, 0) is 14.3 Å². The lowest BCUT2D eigenvalue weighted by Crippen LogP contribution is -2.22. The molecule has 1 saturated heterocycles. The molecular weight excluding hydrogens is 276 g/mol. The van der Waals surface area contributed by atoms with Crippen molar-refractivity contribution in [3.63, 3.8) is 0 Å². The molecule has 1 atom stereocenters. The first kappa shape index (κ1) is 19.2. The van der Waals surface area contributed by atoms with Crippen LogP contribution in [0.5, 0.6) is 0 Å².